The molecule has 22 heavy (non-hydrogen) atoms. The molecule has 1 aromatic rings. The lowest BCUT2D eigenvalue weighted by atomic mass is 10.1. The summed E-state index contributed by atoms with van der Waals surface area (Å²) >= 11 is 1.63. The summed E-state index contributed by atoms with van der Waals surface area (Å²) in [6, 6.07) is -0.0175. The van der Waals surface area contributed by atoms with E-state index in [4.69, 9.17) is 4.74 Å². The Morgan fingerprint density at radius 2 is 2.00 bits per heavy atom. The number of rotatable bonds is 4. The number of aromatic nitrogens is 1. The van der Waals surface area contributed by atoms with E-state index in [0.29, 0.717) is 32.8 Å². The van der Waals surface area contributed by atoms with Crippen LogP contribution >= 0.6 is 11.3 Å². The SMILES string of the molecule is O=C(NCc1nc(CN2CCCCC2)cs1)N1CCOCC1. The number of likely N-dealkylation sites (tertiary alicyclic amines) is 1. The summed E-state index contributed by atoms with van der Waals surface area (Å²) in [4.78, 5) is 20.9. The van der Waals surface area contributed by atoms with Crippen LogP contribution in [0.4, 0.5) is 4.79 Å². The molecule has 1 N–H and O–H groups in total. The van der Waals surface area contributed by atoms with Gasteiger partial charge < -0.3 is 15.0 Å². The number of piperidine rings is 1. The smallest absolute Gasteiger partial charge is 0.317 e. The average molecular weight is 324 g/mol. The summed E-state index contributed by atoms with van der Waals surface area (Å²) in [5, 5.41) is 6.05. The van der Waals surface area contributed by atoms with Crippen LogP contribution in [0, 0.1) is 0 Å². The Morgan fingerprint density at radius 1 is 1.23 bits per heavy atom. The zero-order chi connectivity index (χ0) is 15.2. The van der Waals surface area contributed by atoms with Gasteiger partial charge in [0.2, 0.25) is 0 Å². The van der Waals surface area contributed by atoms with E-state index in [1.54, 1.807) is 16.2 Å². The fourth-order valence-corrected chi connectivity index (χ4v) is 3.60. The van der Waals surface area contributed by atoms with Gasteiger partial charge in [0.15, 0.2) is 0 Å². The number of carbonyl (C=O) groups is 1. The van der Waals surface area contributed by atoms with Crippen LogP contribution in [-0.4, -0.2) is 60.2 Å². The van der Waals surface area contributed by atoms with Crippen LogP contribution in [0.5, 0.6) is 0 Å². The first kappa shape index (κ1) is 15.7. The van der Waals surface area contributed by atoms with Crippen LogP contribution in [0.25, 0.3) is 0 Å². The number of carbonyl (C=O) groups excluding carboxylic acids is 1. The second kappa shape index (κ2) is 7.89. The molecule has 0 atom stereocenters. The topological polar surface area (TPSA) is 57.7 Å². The zero-order valence-corrected chi connectivity index (χ0v) is 13.7. The molecule has 0 bridgehead atoms. The van der Waals surface area contributed by atoms with Gasteiger partial charge in [-0.1, -0.05) is 6.42 Å². The molecule has 0 radical (unpaired) electrons. The van der Waals surface area contributed by atoms with E-state index in [1.807, 2.05) is 0 Å². The lowest BCUT2D eigenvalue weighted by molar-refractivity contribution is 0.0531. The predicted molar refractivity (Wildman–Crippen MR) is 85.9 cm³/mol. The number of nitrogens with zero attached hydrogens (tertiary/aromatic N) is 3. The first-order valence-corrected chi connectivity index (χ1v) is 8.95. The predicted octanol–water partition coefficient (Wildman–Crippen LogP) is 1.67. The van der Waals surface area contributed by atoms with Crippen LogP contribution in [0.3, 0.4) is 0 Å². The molecule has 122 valence electrons. The number of ether oxygens (including phenoxy) is 1. The van der Waals surface area contributed by atoms with Gasteiger partial charge in [0, 0.05) is 25.0 Å². The average Bonchev–Trinajstić information content (AvgIpc) is 3.02. The lowest BCUT2D eigenvalue weighted by Crippen LogP contribution is -2.45. The molecule has 2 amide bonds. The molecule has 3 rings (SSSR count). The van der Waals surface area contributed by atoms with Crippen molar-refractivity contribution >= 4 is 17.4 Å². The van der Waals surface area contributed by atoms with Crippen molar-refractivity contribution < 1.29 is 9.53 Å². The zero-order valence-electron chi connectivity index (χ0n) is 12.9. The Morgan fingerprint density at radius 3 is 2.77 bits per heavy atom. The number of urea groups is 1. The quantitative estimate of drug-likeness (QED) is 0.915. The summed E-state index contributed by atoms with van der Waals surface area (Å²) in [5.41, 5.74) is 1.13. The monoisotopic (exact) mass is 324 g/mol. The van der Waals surface area contributed by atoms with Crippen LogP contribution in [0.2, 0.25) is 0 Å². The first-order chi connectivity index (χ1) is 10.8. The number of nitrogens with one attached hydrogen (secondary N) is 1. The molecular formula is C15H24N4O2S. The third-order valence-corrected chi connectivity index (χ3v) is 5.02. The molecule has 3 heterocycles. The molecule has 2 aliphatic heterocycles. The lowest BCUT2D eigenvalue weighted by Gasteiger charge is -2.26. The number of hydrogen-bond acceptors (Lipinski definition) is 5. The second-order valence-electron chi connectivity index (χ2n) is 5.83. The number of amides is 2. The largest absolute Gasteiger partial charge is 0.378 e. The minimum atomic E-state index is -0.0175. The van der Waals surface area contributed by atoms with Gasteiger partial charge in [-0.25, -0.2) is 9.78 Å². The van der Waals surface area contributed by atoms with Gasteiger partial charge in [-0.15, -0.1) is 11.3 Å². The maximum Gasteiger partial charge on any atom is 0.317 e. The maximum atomic E-state index is 12.0. The molecule has 0 saturated carbocycles. The van der Waals surface area contributed by atoms with Gasteiger partial charge in [0.05, 0.1) is 25.5 Å². The summed E-state index contributed by atoms with van der Waals surface area (Å²) in [5.74, 6) is 0. The minimum Gasteiger partial charge on any atom is -0.378 e. The minimum absolute atomic E-state index is 0.0175. The van der Waals surface area contributed by atoms with E-state index in [-0.39, 0.29) is 6.03 Å². The fourth-order valence-electron chi connectivity index (χ4n) is 2.88. The van der Waals surface area contributed by atoms with Crippen LogP contribution in [0.1, 0.15) is 30.0 Å². The summed E-state index contributed by atoms with van der Waals surface area (Å²) in [6.45, 7) is 6.42. The van der Waals surface area contributed by atoms with Gasteiger partial charge in [-0.3, -0.25) is 4.90 Å². The van der Waals surface area contributed by atoms with E-state index in [1.165, 1.54) is 32.4 Å². The Bertz CT molecular complexity index is 482. The van der Waals surface area contributed by atoms with Gasteiger partial charge >= 0.3 is 6.03 Å². The van der Waals surface area contributed by atoms with E-state index < -0.39 is 0 Å². The van der Waals surface area contributed by atoms with Crippen molar-refractivity contribution in [2.24, 2.45) is 0 Å². The highest BCUT2D eigenvalue weighted by Gasteiger charge is 2.17. The highest BCUT2D eigenvalue weighted by molar-refractivity contribution is 7.09. The van der Waals surface area contributed by atoms with E-state index >= 15 is 0 Å². The van der Waals surface area contributed by atoms with E-state index in [0.717, 1.165) is 17.2 Å². The molecule has 7 heteroatoms. The Balaban J connectivity index is 1.43. The standard InChI is InChI=1S/C15H24N4O2S/c20-15(19-6-8-21-9-7-19)16-10-14-17-13(12-22-14)11-18-4-2-1-3-5-18/h12H,1-11H2,(H,16,20). The van der Waals surface area contributed by atoms with Crippen molar-refractivity contribution in [3.63, 3.8) is 0 Å². The normalized spacial score (nSPS) is 20.1. The fraction of sp³-hybridized carbons (Fsp3) is 0.733. The van der Waals surface area contributed by atoms with Crippen LogP contribution in [-0.2, 0) is 17.8 Å². The summed E-state index contributed by atoms with van der Waals surface area (Å²) in [7, 11) is 0. The molecule has 0 aliphatic carbocycles. The third-order valence-electron chi connectivity index (χ3n) is 4.12. The molecule has 0 spiro atoms. The van der Waals surface area contributed by atoms with Gasteiger partial charge in [0.1, 0.15) is 5.01 Å². The molecule has 2 fully saturated rings. The number of thiazole rings is 1. The number of hydrogen-bond donors (Lipinski definition) is 1. The van der Waals surface area contributed by atoms with Crippen molar-refractivity contribution in [3.05, 3.63) is 16.1 Å². The first-order valence-electron chi connectivity index (χ1n) is 8.07. The van der Waals surface area contributed by atoms with Crippen LogP contribution in [0.15, 0.2) is 5.38 Å². The maximum absolute atomic E-state index is 12.0. The van der Waals surface area contributed by atoms with Crippen molar-refractivity contribution in [3.8, 4) is 0 Å². The Kier molecular flexibility index (Phi) is 5.64. The van der Waals surface area contributed by atoms with E-state index in [2.05, 4.69) is 20.6 Å². The molecule has 0 aromatic carbocycles. The third kappa shape index (κ3) is 4.41. The van der Waals surface area contributed by atoms with Crippen molar-refractivity contribution in [1.29, 1.82) is 0 Å². The van der Waals surface area contributed by atoms with Gasteiger partial charge in [-0.2, -0.15) is 0 Å². The van der Waals surface area contributed by atoms with Crippen molar-refractivity contribution in [2.75, 3.05) is 39.4 Å². The van der Waals surface area contributed by atoms with Gasteiger partial charge in [0.25, 0.3) is 0 Å². The summed E-state index contributed by atoms with van der Waals surface area (Å²) in [6.07, 6.45) is 3.95. The Hall–Kier alpha value is -1.18. The molecular weight excluding hydrogens is 300 g/mol. The molecule has 2 aliphatic rings. The second-order valence-corrected chi connectivity index (χ2v) is 6.77. The van der Waals surface area contributed by atoms with E-state index in [9.17, 15) is 4.79 Å². The Labute approximate surface area is 135 Å². The summed E-state index contributed by atoms with van der Waals surface area (Å²) < 4.78 is 5.25. The van der Waals surface area contributed by atoms with Gasteiger partial charge in [-0.05, 0) is 25.9 Å². The number of morpholine rings is 1. The molecule has 6 nitrogen and oxygen atoms in total. The highest BCUT2D eigenvalue weighted by Crippen LogP contribution is 2.15. The van der Waals surface area contributed by atoms with Crippen molar-refractivity contribution in [1.82, 2.24) is 20.1 Å². The molecule has 0 unspecified atom stereocenters. The molecule has 1 aromatic heterocycles. The molecule has 2 saturated heterocycles. The van der Waals surface area contributed by atoms with Crippen molar-refractivity contribution in [2.45, 2.75) is 32.4 Å². The highest BCUT2D eigenvalue weighted by atomic mass is 32.1. The van der Waals surface area contributed by atoms with Crippen LogP contribution < -0.4 is 5.32 Å².